The number of hydrogen-bond acceptors (Lipinski definition) is 4. The van der Waals surface area contributed by atoms with Crippen molar-refractivity contribution in [3.8, 4) is 0 Å². The van der Waals surface area contributed by atoms with Crippen LogP contribution in [-0.4, -0.2) is 26.8 Å². The first kappa shape index (κ1) is 14.0. The summed E-state index contributed by atoms with van der Waals surface area (Å²) in [6, 6.07) is 7.60. The lowest BCUT2D eigenvalue weighted by atomic mass is 10.1. The Morgan fingerprint density at radius 1 is 1.30 bits per heavy atom. The molecule has 20 heavy (non-hydrogen) atoms. The number of nitrogen functional groups attached to an aromatic ring is 1. The highest BCUT2D eigenvalue weighted by atomic mass is 16.2. The smallest absolute Gasteiger partial charge is 0.274 e. The van der Waals surface area contributed by atoms with Crippen LogP contribution >= 0.6 is 0 Å². The molecule has 2 N–H and O–H groups in total. The molecule has 0 atom stereocenters. The summed E-state index contributed by atoms with van der Waals surface area (Å²) in [5.41, 5.74) is 7.90. The number of para-hydroxylation sites is 1. The molecular formula is C15H18N4O. The van der Waals surface area contributed by atoms with Crippen molar-refractivity contribution >= 4 is 11.6 Å². The summed E-state index contributed by atoms with van der Waals surface area (Å²) in [5, 5.41) is 0. The van der Waals surface area contributed by atoms with Gasteiger partial charge in [-0.3, -0.25) is 9.78 Å². The molecule has 0 radical (unpaired) electrons. The van der Waals surface area contributed by atoms with Crippen LogP contribution in [0.15, 0.2) is 42.9 Å². The lowest BCUT2D eigenvalue weighted by Crippen LogP contribution is -2.37. The monoisotopic (exact) mass is 270 g/mol. The average molecular weight is 270 g/mol. The van der Waals surface area contributed by atoms with Gasteiger partial charge in [0.1, 0.15) is 5.69 Å². The van der Waals surface area contributed by atoms with Crippen molar-refractivity contribution in [2.24, 2.45) is 0 Å². The number of rotatable bonds is 4. The fourth-order valence-electron chi connectivity index (χ4n) is 1.91. The van der Waals surface area contributed by atoms with Gasteiger partial charge in [0, 0.05) is 30.7 Å². The lowest BCUT2D eigenvalue weighted by Gasteiger charge is -2.27. The number of carbonyl (C=O) groups excluding carboxylic acids is 1. The van der Waals surface area contributed by atoms with E-state index in [0.29, 0.717) is 17.9 Å². The first-order valence-electron chi connectivity index (χ1n) is 6.50. The third-order valence-electron chi connectivity index (χ3n) is 3.06. The lowest BCUT2D eigenvalue weighted by molar-refractivity contribution is 0.0684. The number of anilines is 1. The van der Waals surface area contributed by atoms with E-state index in [1.54, 1.807) is 11.1 Å². The largest absolute Gasteiger partial charge is 0.398 e. The van der Waals surface area contributed by atoms with Gasteiger partial charge in [-0.15, -0.1) is 0 Å². The van der Waals surface area contributed by atoms with Gasteiger partial charge >= 0.3 is 0 Å². The van der Waals surface area contributed by atoms with Gasteiger partial charge in [0.2, 0.25) is 0 Å². The second-order valence-electron chi connectivity index (χ2n) is 4.82. The molecule has 5 heteroatoms. The van der Waals surface area contributed by atoms with E-state index in [1.165, 1.54) is 12.4 Å². The van der Waals surface area contributed by atoms with E-state index < -0.39 is 0 Å². The van der Waals surface area contributed by atoms with Crippen LogP contribution in [0.4, 0.5) is 5.69 Å². The molecule has 5 nitrogen and oxygen atoms in total. The normalized spacial score (nSPS) is 10.6. The van der Waals surface area contributed by atoms with E-state index in [2.05, 4.69) is 9.97 Å². The van der Waals surface area contributed by atoms with Crippen LogP contribution in [0, 0.1) is 0 Å². The zero-order valence-electron chi connectivity index (χ0n) is 11.7. The topological polar surface area (TPSA) is 72.1 Å². The molecule has 0 aliphatic carbocycles. The highest BCUT2D eigenvalue weighted by Crippen LogP contribution is 2.16. The van der Waals surface area contributed by atoms with Gasteiger partial charge in [-0.05, 0) is 25.5 Å². The number of nitrogens with zero attached hydrogens (tertiary/aromatic N) is 3. The van der Waals surface area contributed by atoms with E-state index in [0.717, 1.165) is 5.56 Å². The van der Waals surface area contributed by atoms with Gasteiger partial charge in [0.25, 0.3) is 5.91 Å². The van der Waals surface area contributed by atoms with Crippen molar-refractivity contribution in [3.63, 3.8) is 0 Å². The highest BCUT2D eigenvalue weighted by molar-refractivity contribution is 5.92. The maximum atomic E-state index is 12.5. The average Bonchev–Trinajstić information content (AvgIpc) is 2.46. The Kier molecular flexibility index (Phi) is 4.30. The fraction of sp³-hybridized carbons (Fsp3) is 0.267. The van der Waals surface area contributed by atoms with Crippen LogP contribution in [0.25, 0.3) is 0 Å². The molecule has 104 valence electrons. The Hall–Kier alpha value is -2.43. The van der Waals surface area contributed by atoms with Gasteiger partial charge < -0.3 is 10.6 Å². The summed E-state index contributed by atoms with van der Waals surface area (Å²) < 4.78 is 0. The van der Waals surface area contributed by atoms with E-state index in [1.807, 2.05) is 38.1 Å². The SMILES string of the molecule is CC(C)N(Cc1ccccc1N)C(=O)c1cnccn1. The van der Waals surface area contributed by atoms with Crippen molar-refractivity contribution < 1.29 is 4.79 Å². The Bertz CT molecular complexity index is 583. The number of benzene rings is 1. The van der Waals surface area contributed by atoms with Gasteiger partial charge in [-0.1, -0.05) is 18.2 Å². The van der Waals surface area contributed by atoms with Crippen LogP contribution in [0.5, 0.6) is 0 Å². The van der Waals surface area contributed by atoms with Crippen molar-refractivity contribution in [2.75, 3.05) is 5.73 Å². The molecule has 2 aromatic rings. The van der Waals surface area contributed by atoms with Crippen LogP contribution in [0.3, 0.4) is 0 Å². The first-order chi connectivity index (χ1) is 9.59. The molecule has 0 spiro atoms. The van der Waals surface area contributed by atoms with Crippen LogP contribution < -0.4 is 5.73 Å². The zero-order valence-corrected chi connectivity index (χ0v) is 11.7. The van der Waals surface area contributed by atoms with E-state index in [9.17, 15) is 4.79 Å². The number of nitrogens with two attached hydrogens (primary N) is 1. The maximum absolute atomic E-state index is 12.5. The summed E-state index contributed by atoms with van der Waals surface area (Å²) in [5.74, 6) is -0.142. The highest BCUT2D eigenvalue weighted by Gasteiger charge is 2.20. The molecule has 0 fully saturated rings. The third-order valence-corrected chi connectivity index (χ3v) is 3.06. The number of aromatic nitrogens is 2. The van der Waals surface area contributed by atoms with E-state index in [-0.39, 0.29) is 11.9 Å². The molecule has 0 aliphatic heterocycles. The fourth-order valence-corrected chi connectivity index (χ4v) is 1.91. The Labute approximate surface area is 118 Å². The van der Waals surface area contributed by atoms with Gasteiger partial charge in [-0.2, -0.15) is 0 Å². The third kappa shape index (κ3) is 3.12. The quantitative estimate of drug-likeness (QED) is 0.864. The maximum Gasteiger partial charge on any atom is 0.274 e. The molecule has 1 aromatic carbocycles. The Morgan fingerprint density at radius 3 is 2.65 bits per heavy atom. The molecule has 0 bridgehead atoms. The standard InChI is InChI=1S/C15H18N4O/c1-11(2)19(10-12-5-3-4-6-13(12)16)15(20)14-9-17-7-8-18-14/h3-9,11H,10,16H2,1-2H3. The summed E-state index contributed by atoms with van der Waals surface area (Å²) in [6.45, 7) is 4.39. The summed E-state index contributed by atoms with van der Waals surface area (Å²) in [7, 11) is 0. The van der Waals surface area contributed by atoms with E-state index >= 15 is 0 Å². The zero-order chi connectivity index (χ0) is 14.5. The predicted molar refractivity (Wildman–Crippen MR) is 77.9 cm³/mol. The summed E-state index contributed by atoms with van der Waals surface area (Å²) >= 11 is 0. The Balaban J connectivity index is 2.24. The van der Waals surface area contributed by atoms with Crippen molar-refractivity contribution in [3.05, 3.63) is 54.1 Å². The van der Waals surface area contributed by atoms with E-state index in [4.69, 9.17) is 5.73 Å². The second kappa shape index (κ2) is 6.14. The van der Waals surface area contributed by atoms with Crippen molar-refractivity contribution in [1.29, 1.82) is 0 Å². The number of carbonyl (C=O) groups is 1. The van der Waals surface area contributed by atoms with Crippen molar-refractivity contribution in [1.82, 2.24) is 14.9 Å². The molecule has 1 amide bonds. The Morgan fingerprint density at radius 2 is 2.05 bits per heavy atom. The molecule has 1 aromatic heterocycles. The van der Waals surface area contributed by atoms with Crippen LogP contribution in [-0.2, 0) is 6.54 Å². The predicted octanol–water partition coefficient (Wildman–Crippen LogP) is 2.11. The van der Waals surface area contributed by atoms with Crippen LogP contribution in [0.1, 0.15) is 29.9 Å². The molecule has 1 heterocycles. The van der Waals surface area contributed by atoms with Gasteiger partial charge in [0.15, 0.2) is 0 Å². The minimum absolute atomic E-state index is 0.0455. The summed E-state index contributed by atoms with van der Waals surface area (Å²) in [6.07, 6.45) is 4.54. The minimum atomic E-state index is -0.142. The molecule has 0 unspecified atom stereocenters. The molecule has 0 saturated carbocycles. The minimum Gasteiger partial charge on any atom is -0.398 e. The molecule has 0 aliphatic rings. The molecular weight excluding hydrogens is 252 g/mol. The molecule has 2 rings (SSSR count). The van der Waals surface area contributed by atoms with Gasteiger partial charge in [-0.25, -0.2) is 4.98 Å². The second-order valence-corrected chi connectivity index (χ2v) is 4.82. The molecule has 0 saturated heterocycles. The number of amides is 1. The van der Waals surface area contributed by atoms with Crippen molar-refractivity contribution in [2.45, 2.75) is 26.4 Å². The first-order valence-corrected chi connectivity index (χ1v) is 6.50. The van der Waals surface area contributed by atoms with Crippen LogP contribution in [0.2, 0.25) is 0 Å². The number of hydrogen-bond donors (Lipinski definition) is 1. The van der Waals surface area contributed by atoms with Gasteiger partial charge in [0.05, 0.1) is 6.20 Å². The summed E-state index contributed by atoms with van der Waals surface area (Å²) in [4.78, 5) is 22.2.